The molecule has 0 aliphatic rings. The molecule has 0 bridgehead atoms. The molecule has 2 aromatic carbocycles. The standard InChI is InChI=1S/C16H11ClN4O4/c1-8-11(17)3-2-4-12(8)19-20-14-15(22)10-6-5-9(21(24)25)7-13(10)18-16(14)23/h2-7H,1H3,(H2,18,22,23). The van der Waals surface area contributed by atoms with E-state index < -0.39 is 16.2 Å². The Bertz CT molecular complexity index is 1090. The van der Waals surface area contributed by atoms with Crippen molar-refractivity contribution in [2.75, 3.05) is 0 Å². The lowest BCUT2D eigenvalue weighted by Gasteiger charge is -2.04. The SMILES string of the molecule is Cc1c(Cl)cccc1N=Nc1c(O)c2ccc([N+](=O)[O-])cc2[nH]c1=O. The van der Waals surface area contributed by atoms with Crippen molar-refractivity contribution in [2.45, 2.75) is 6.92 Å². The van der Waals surface area contributed by atoms with Crippen molar-refractivity contribution in [1.82, 2.24) is 4.98 Å². The second kappa shape index (κ2) is 6.33. The monoisotopic (exact) mass is 358 g/mol. The van der Waals surface area contributed by atoms with Gasteiger partial charge in [-0.25, -0.2) is 0 Å². The predicted octanol–water partition coefficient (Wildman–Crippen LogP) is 4.52. The summed E-state index contributed by atoms with van der Waals surface area (Å²) >= 11 is 6.00. The molecule has 0 saturated heterocycles. The first kappa shape index (κ1) is 16.6. The molecule has 3 aromatic rings. The molecule has 0 radical (unpaired) electrons. The van der Waals surface area contributed by atoms with Crippen LogP contribution in [0.1, 0.15) is 5.56 Å². The first-order valence-electron chi connectivity index (χ1n) is 7.08. The molecule has 0 aliphatic heterocycles. The number of hydrogen-bond donors (Lipinski definition) is 2. The Balaban J connectivity index is 2.12. The van der Waals surface area contributed by atoms with Gasteiger partial charge in [-0.15, -0.1) is 10.2 Å². The van der Waals surface area contributed by atoms with Crippen LogP contribution in [0.4, 0.5) is 17.1 Å². The third kappa shape index (κ3) is 3.07. The van der Waals surface area contributed by atoms with Crippen molar-refractivity contribution in [2.24, 2.45) is 10.2 Å². The van der Waals surface area contributed by atoms with Gasteiger partial charge in [-0.2, -0.15) is 0 Å². The van der Waals surface area contributed by atoms with Crippen LogP contribution < -0.4 is 5.56 Å². The Labute approximate surface area is 145 Å². The smallest absolute Gasteiger partial charge is 0.280 e. The zero-order valence-corrected chi connectivity index (χ0v) is 13.6. The highest BCUT2D eigenvalue weighted by Crippen LogP contribution is 2.33. The zero-order valence-electron chi connectivity index (χ0n) is 12.9. The van der Waals surface area contributed by atoms with Gasteiger partial charge in [0.15, 0.2) is 11.4 Å². The summed E-state index contributed by atoms with van der Waals surface area (Å²) in [4.78, 5) is 24.8. The molecule has 25 heavy (non-hydrogen) atoms. The number of nitro groups is 1. The number of non-ortho nitro benzene ring substituents is 1. The average Bonchev–Trinajstić information content (AvgIpc) is 2.57. The molecule has 0 aliphatic carbocycles. The largest absolute Gasteiger partial charge is 0.505 e. The van der Waals surface area contributed by atoms with E-state index in [9.17, 15) is 20.0 Å². The molecule has 8 nitrogen and oxygen atoms in total. The van der Waals surface area contributed by atoms with Crippen LogP contribution in [0.2, 0.25) is 5.02 Å². The number of halogens is 1. The molecule has 0 spiro atoms. The Kier molecular flexibility index (Phi) is 4.20. The number of pyridine rings is 1. The van der Waals surface area contributed by atoms with Gasteiger partial charge >= 0.3 is 0 Å². The van der Waals surface area contributed by atoms with Crippen LogP contribution in [0.5, 0.6) is 5.75 Å². The number of fused-ring (bicyclic) bond motifs is 1. The maximum Gasteiger partial charge on any atom is 0.280 e. The molecular weight excluding hydrogens is 348 g/mol. The summed E-state index contributed by atoms with van der Waals surface area (Å²) in [6, 6.07) is 8.78. The number of nitro benzene ring substituents is 1. The second-order valence-corrected chi connectivity index (χ2v) is 5.63. The second-order valence-electron chi connectivity index (χ2n) is 5.22. The molecule has 0 unspecified atom stereocenters. The van der Waals surface area contributed by atoms with Gasteiger partial charge in [-0.1, -0.05) is 17.7 Å². The van der Waals surface area contributed by atoms with E-state index in [1.165, 1.54) is 18.2 Å². The summed E-state index contributed by atoms with van der Waals surface area (Å²) in [6.45, 7) is 1.75. The molecule has 0 fully saturated rings. The lowest BCUT2D eigenvalue weighted by Crippen LogP contribution is -2.05. The van der Waals surface area contributed by atoms with Crippen molar-refractivity contribution in [3.63, 3.8) is 0 Å². The number of nitrogens with zero attached hydrogens (tertiary/aromatic N) is 3. The van der Waals surface area contributed by atoms with Crippen LogP contribution in [0, 0.1) is 17.0 Å². The van der Waals surface area contributed by atoms with Crippen LogP contribution in [-0.4, -0.2) is 15.0 Å². The van der Waals surface area contributed by atoms with Gasteiger partial charge < -0.3 is 10.1 Å². The molecule has 0 saturated carbocycles. The Morgan fingerprint density at radius 2 is 2.00 bits per heavy atom. The van der Waals surface area contributed by atoms with E-state index in [0.717, 1.165) is 0 Å². The maximum absolute atomic E-state index is 12.1. The quantitative estimate of drug-likeness (QED) is 0.406. The highest BCUT2D eigenvalue weighted by Gasteiger charge is 2.15. The predicted molar refractivity (Wildman–Crippen MR) is 93.3 cm³/mol. The fourth-order valence-electron chi connectivity index (χ4n) is 2.27. The number of aromatic nitrogens is 1. The van der Waals surface area contributed by atoms with Gasteiger partial charge in [0.05, 0.1) is 16.1 Å². The van der Waals surface area contributed by atoms with Gasteiger partial charge in [-0.3, -0.25) is 14.9 Å². The van der Waals surface area contributed by atoms with E-state index in [4.69, 9.17) is 11.6 Å². The van der Waals surface area contributed by atoms with Gasteiger partial charge in [-0.05, 0) is 30.7 Å². The summed E-state index contributed by atoms with van der Waals surface area (Å²) in [5, 5.41) is 29.6. The lowest BCUT2D eigenvalue weighted by atomic mass is 10.1. The van der Waals surface area contributed by atoms with Crippen LogP contribution in [0.15, 0.2) is 51.4 Å². The minimum atomic E-state index is -0.714. The van der Waals surface area contributed by atoms with E-state index in [2.05, 4.69) is 15.2 Å². The van der Waals surface area contributed by atoms with Crippen molar-refractivity contribution in [3.05, 3.63) is 67.5 Å². The normalized spacial score (nSPS) is 11.3. The van der Waals surface area contributed by atoms with Gasteiger partial charge in [0.25, 0.3) is 11.2 Å². The van der Waals surface area contributed by atoms with Crippen molar-refractivity contribution >= 4 is 39.6 Å². The number of rotatable bonds is 3. The number of H-pyrrole nitrogens is 1. The topological polar surface area (TPSA) is 121 Å². The van der Waals surface area contributed by atoms with Gasteiger partial charge in [0, 0.05) is 22.5 Å². The van der Waals surface area contributed by atoms with Crippen LogP contribution in [0.3, 0.4) is 0 Å². The number of azo groups is 1. The number of aromatic amines is 1. The lowest BCUT2D eigenvalue weighted by molar-refractivity contribution is -0.384. The molecule has 0 amide bonds. The zero-order chi connectivity index (χ0) is 18.1. The molecular formula is C16H11ClN4O4. The fraction of sp³-hybridized carbons (Fsp3) is 0.0625. The Hall–Kier alpha value is -3.26. The van der Waals surface area contributed by atoms with Crippen molar-refractivity contribution < 1.29 is 10.0 Å². The molecule has 0 atom stereocenters. The summed E-state index contributed by atoms with van der Waals surface area (Å²) in [6.07, 6.45) is 0. The summed E-state index contributed by atoms with van der Waals surface area (Å²) < 4.78 is 0. The molecule has 2 N–H and O–H groups in total. The highest BCUT2D eigenvalue weighted by molar-refractivity contribution is 6.31. The third-order valence-corrected chi connectivity index (χ3v) is 4.06. The minimum Gasteiger partial charge on any atom is -0.505 e. The molecule has 9 heteroatoms. The Morgan fingerprint density at radius 1 is 1.24 bits per heavy atom. The van der Waals surface area contributed by atoms with Crippen LogP contribution >= 0.6 is 11.6 Å². The van der Waals surface area contributed by atoms with E-state index in [-0.39, 0.29) is 22.3 Å². The van der Waals surface area contributed by atoms with Crippen molar-refractivity contribution in [3.8, 4) is 5.75 Å². The molecule has 3 rings (SSSR count). The number of benzene rings is 2. The first-order valence-corrected chi connectivity index (χ1v) is 7.46. The van der Waals surface area contributed by atoms with E-state index in [0.29, 0.717) is 16.3 Å². The third-order valence-electron chi connectivity index (χ3n) is 3.65. The van der Waals surface area contributed by atoms with E-state index in [1.54, 1.807) is 25.1 Å². The van der Waals surface area contributed by atoms with Gasteiger partial charge in [0.2, 0.25) is 0 Å². The summed E-state index contributed by atoms with van der Waals surface area (Å²) in [5.41, 5.74) is 0.0612. The minimum absolute atomic E-state index is 0.134. The van der Waals surface area contributed by atoms with Gasteiger partial charge in [0.1, 0.15) is 0 Å². The summed E-state index contributed by atoms with van der Waals surface area (Å²) in [7, 11) is 0. The highest BCUT2D eigenvalue weighted by atomic mass is 35.5. The summed E-state index contributed by atoms with van der Waals surface area (Å²) in [5.74, 6) is -0.405. The van der Waals surface area contributed by atoms with E-state index in [1.807, 2.05) is 0 Å². The maximum atomic E-state index is 12.1. The number of aromatic hydroxyl groups is 1. The number of nitrogens with one attached hydrogen (secondary N) is 1. The van der Waals surface area contributed by atoms with Crippen molar-refractivity contribution in [1.29, 1.82) is 0 Å². The molecule has 1 heterocycles. The average molecular weight is 359 g/mol. The molecule has 126 valence electrons. The number of hydrogen-bond acceptors (Lipinski definition) is 6. The Morgan fingerprint density at radius 3 is 2.72 bits per heavy atom. The van der Waals surface area contributed by atoms with Crippen LogP contribution in [-0.2, 0) is 0 Å². The van der Waals surface area contributed by atoms with E-state index >= 15 is 0 Å². The first-order chi connectivity index (χ1) is 11.9. The fourth-order valence-corrected chi connectivity index (χ4v) is 2.44. The van der Waals surface area contributed by atoms with Crippen LogP contribution in [0.25, 0.3) is 10.9 Å². The molecule has 1 aromatic heterocycles.